The second kappa shape index (κ2) is 8.21. The number of amides is 1. The van der Waals surface area contributed by atoms with E-state index in [9.17, 15) is 18.0 Å². The van der Waals surface area contributed by atoms with Gasteiger partial charge in [-0.05, 0) is 19.3 Å². The zero-order valence-corrected chi connectivity index (χ0v) is 13.2. The first-order chi connectivity index (χ1) is 9.09. The van der Waals surface area contributed by atoms with E-state index in [-0.39, 0.29) is 18.1 Å². The van der Waals surface area contributed by atoms with Crippen molar-refractivity contribution in [2.24, 2.45) is 5.92 Å². The van der Waals surface area contributed by atoms with Gasteiger partial charge in [0.15, 0.2) is 0 Å². The molecule has 118 valence electrons. The van der Waals surface area contributed by atoms with Crippen molar-refractivity contribution in [1.29, 1.82) is 0 Å². The lowest BCUT2D eigenvalue weighted by atomic mass is 10.0. The van der Waals surface area contributed by atoms with E-state index in [0.717, 1.165) is 0 Å². The highest BCUT2D eigenvalue weighted by Gasteiger charge is 2.24. The van der Waals surface area contributed by atoms with Gasteiger partial charge in [-0.25, -0.2) is 13.1 Å². The maximum atomic E-state index is 11.9. The number of nitrogens with one attached hydrogen (secondary N) is 2. The van der Waals surface area contributed by atoms with Crippen molar-refractivity contribution >= 4 is 21.9 Å². The van der Waals surface area contributed by atoms with Crippen LogP contribution in [0, 0.1) is 5.92 Å². The molecule has 0 aromatic carbocycles. The molecule has 8 heteroatoms. The molecule has 3 N–H and O–H groups in total. The Kier molecular flexibility index (Phi) is 7.74. The molecule has 0 saturated heterocycles. The van der Waals surface area contributed by atoms with Gasteiger partial charge in [-0.3, -0.25) is 9.59 Å². The minimum atomic E-state index is -3.48. The van der Waals surface area contributed by atoms with Crippen LogP contribution >= 0.6 is 0 Å². The Balaban J connectivity index is 4.61. The van der Waals surface area contributed by atoms with Gasteiger partial charge < -0.3 is 10.4 Å². The summed E-state index contributed by atoms with van der Waals surface area (Å²) >= 11 is 0. The van der Waals surface area contributed by atoms with E-state index in [1.165, 1.54) is 6.92 Å². The molecule has 0 radical (unpaired) electrons. The van der Waals surface area contributed by atoms with Gasteiger partial charge in [0, 0.05) is 6.04 Å². The van der Waals surface area contributed by atoms with Crippen molar-refractivity contribution in [3.63, 3.8) is 0 Å². The second-order valence-corrected chi connectivity index (χ2v) is 6.99. The summed E-state index contributed by atoms with van der Waals surface area (Å²) in [4.78, 5) is 22.6. The van der Waals surface area contributed by atoms with Crippen LogP contribution in [0.1, 0.15) is 40.5 Å². The third kappa shape index (κ3) is 7.44. The van der Waals surface area contributed by atoms with Gasteiger partial charge in [0.05, 0.1) is 18.2 Å². The van der Waals surface area contributed by atoms with Gasteiger partial charge in [0.25, 0.3) is 0 Å². The normalized spacial score (nSPS) is 14.8. The third-order valence-corrected chi connectivity index (χ3v) is 4.41. The number of carboxylic acid groups (broad SMARTS) is 1. The Labute approximate surface area is 120 Å². The Hall–Kier alpha value is -1.15. The van der Waals surface area contributed by atoms with Crippen LogP contribution < -0.4 is 10.0 Å². The van der Waals surface area contributed by atoms with Gasteiger partial charge in [-0.1, -0.05) is 20.8 Å². The van der Waals surface area contributed by atoms with E-state index in [0.29, 0.717) is 6.42 Å². The first-order valence-electron chi connectivity index (χ1n) is 6.61. The van der Waals surface area contributed by atoms with E-state index < -0.39 is 34.0 Å². The van der Waals surface area contributed by atoms with Crippen LogP contribution in [0.15, 0.2) is 0 Å². The van der Waals surface area contributed by atoms with Crippen LogP contribution in [-0.4, -0.2) is 43.2 Å². The van der Waals surface area contributed by atoms with E-state index in [2.05, 4.69) is 10.0 Å². The Morgan fingerprint density at radius 2 is 1.75 bits per heavy atom. The summed E-state index contributed by atoms with van der Waals surface area (Å²) in [5, 5.41) is 11.3. The van der Waals surface area contributed by atoms with Crippen LogP contribution in [0.3, 0.4) is 0 Å². The molecule has 0 aromatic rings. The van der Waals surface area contributed by atoms with Crippen molar-refractivity contribution in [1.82, 2.24) is 10.0 Å². The van der Waals surface area contributed by atoms with Crippen molar-refractivity contribution < 1.29 is 23.1 Å². The molecule has 2 atom stereocenters. The topological polar surface area (TPSA) is 113 Å². The zero-order chi connectivity index (χ0) is 15.9. The monoisotopic (exact) mass is 308 g/mol. The summed E-state index contributed by atoms with van der Waals surface area (Å²) in [5.74, 6) is -1.64. The molecule has 0 aliphatic rings. The molecular formula is C12H24N2O5S. The van der Waals surface area contributed by atoms with E-state index in [1.54, 1.807) is 20.8 Å². The lowest BCUT2D eigenvalue weighted by Crippen LogP contribution is -2.50. The van der Waals surface area contributed by atoms with Crippen LogP contribution in [0.4, 0.5) is 0 Å². The Bertz CT molecular complexity index is 433. The number of rotatable bonds is 9. The van der Waals surface area contributed by atoms with E-state index in [1.807, 2.05) is 0 Å². The first-order valence-corrected chi connectivity index (χ1v) is 8.26. The Morgan fingerprint density at radius 1 is 1.20 bits per heavy atom. The number of carbonyl (C=O) groups excluding carboxylic acids is 1. The van der Waals surface area contributed by atoms with E-state index >= 15 is 0 Å². The summed E-state index contributed by atoms with van der Waals surface area (Å²) in [6.45, 7) is 6.74. The smallest absolute Gasteiger partial charge is 0.305 e. The molecule has 0 aliphatic heterocycles. The number of aliphatic carboxylic acids is 1. The highest BCUT2D eigenvalue weighted by molar-refractivity contribution is 7.89. The minimum absolute atomic E-state index is 0.0483. The molecule has 0 aromatic heterocycles. The minimum Gasteiger partial charge on any atom is -0.481 e. The van der Waals surface area contributed by atoms with Gasteiger partial charge >= 0.3 is 5.97 Å². The molecule has 0 bridgehead atoms. The zero-order valence-electron chi connectivity index (χ0n) is 12.3. The predicted octanol–water partition coefficient (Wildman–Crippen LogP) is 0.320. The predicted molar refractivity (Wildman–Crippen MR) is 75.7 cm³/mol. The summed E-state index contributed by atoms with van der Waals surface area (Å²) in [6, 6.07) is -1.46. The molecule has 0 rings (SSSR count). The fourth-order valence-electron chi connectivity index (χ4n) is 1.60. The van der Waals surface area contributed by atoms with E-state index in [4.69, 9.17) is 5.11 Å². The van der Waals surface area contributed by atoms with Gasteiger partial charge in [-0.15, -0.1) is 0 Å². The molecule has 0 heterocycles. The quantitative estimate of drug-likeness (QED) is 0.568. The number of hydrogen-bond acceptors (Lipinski definition) is 4. The standard InChI is InChI=1S/C12H24N2O5S/c1-5-6-20(18,19)14-9(4)12(17)13-10(8(2)3)7-11(15)16/h8-10,14H,5-7H2,1-4H3,(H,13,17)(H,15,16). The van der Waals surface area contributed by atoms with Crippen LogP contribution in [0.5, 0.6) is 0 Å². The third-order valence-electron chi connectivity index (χ3n) is 2.75. The maximum Gasteiger partial charge on any atom is 0.305 e. The molecule has 2 unspecified atom stereocenters. The number of hydrogen-bond donors (Lipinski definition) is 3. The number of carbonyl (C=O) groups is 2. The second-order valence-electron chi connectivity index (χ2n) is 5.12. The summed E-state index contributed by atoms with van der Waals surface area (Å²) in [6.07, 6.45) is 0.259. The fraction of sp³-hybridized carbons (Fsp3) is 0.833. The SMILES string of the molecule is CCCS(=O)(=O)NC(C)C(=O)NC(CC(=O)O)C(C)C. The molecule has 7 nitrogen and oxygen atoms in total. The van der Waals surface area contributed by atoms with Crippen LogP contribution in [-0.2, 0) is 19.6 Å². The molecule has 0 spiro atoms. The molecule has 0 saturated carbocycles. The number of sulfonamides is 1. The largest absolute Gasteiger partial charge is 0.481 e. The summed E-state index contributed by atoms with van der Waals surface area (Å²) < 4.78 is 25.4. The molecule has 0 fully saturated rings. The molecule has 1 amide bonds. The van der Waals surface area contributed by atoms with Crippen molar-refractivity contribution in [3.05, 3.63) is 0 Å². The fourth-order valence-corrected chi connectivity index (χ4v) is 2.90. The van der Waals surface area contributed by atoms with Crippen LogP contribution in [0.25, 0.3) is 0 Å². The summed E-state index contributed by atoms with van der Waals surface area (Å²) in [5.41, 5.74) is 0. The molecular weight excluding hydrogens is 284 g/mol. The van der Waals surface area contributed by atoms with Crippen molar-refractivity contribution in [2.45, 2.75) is 52.6 Å². The van der Waals surface area contributed by atoms with Crippen molar-refractivity contribution in [2.75, 3.05) is 5.75 Å². The molecule has 0 aliphatic carbocycles. The number of carboxylic acids is 1. The average Bonchev–Trinajstić information content (AvgIpc) is 2.26. The van der Waals surface area contributed by atoms with Crippen molar-refractivity contribution in [3.8, 4) is 0 Å². The summed E-state index contributed by atoms with van der Waals surface area (Å²) in [7, 11) is -3.48. The molecule has 20 heavy (non-hydrogen) atoms. The van der Waals surface area contributed by atoms with Crippen LogP contribution in [0.2, 0.25) is 0 Å². The Morgan fingerprint density at radius 3 is 2.15 bits per heavy atom. The van der Waals surface area contributed by atoms with Gasteiger partial charge in [0.1, 0.15) is 0 Å². The van der Waals surface area contributed by atoms with Gasteiger partial charge in [0.2, 0.25) is 15.9 Å². The lowest BCUT2D eigenvalue weighted by molar-refractivity contribution is -0.138. The highest BCUT2D eigenvalue weighted by atomic mass is 32.2. The maximum absolute atomic E-state index is 11.9. The highest BCUT2D eigenvalue weighted by Crippen LogP contribution is 2.06. The lowest BCUT2D eigenvalue weighted by Gasteiger charge is -2.23. The first kappa shape index (κ1) is 18.9. The van der Waals surface area contributed by atoms with Gasteiger partial charge in [-0.2, -0.15) is 0 Å². The average molecular weight is 308 g/mol.